The van der Waals surface area contributed by atoms with E-state index in [0.717, 1.165) is 25.3 Å². The van der Waals surface area contributed by atoms with Crippen LogP contribution in [-0.2, 0) is 0 Å². The number of nitrogens with one attached hydrogen (secondary N) is 1. The fourth-order valence-electron chi connectivity index (χ4n) is 2.87. The minimum atomic E-state index is -0.241. The highest BCUT2D eigenvalue weighted by Gasteiger charge is 2.35. The first-order valence-electron chi connectivity index (χ1n) is 6.60. The zero-order valence-electron chi connectivity index (χ0n) is 11.3. The van der Waals surface area contributed by atoms with Crippen molar-refractivity contribution in [2.45, 2.75) is 65.3 Å². The Kier molecular flexibility index (Phi) is 4.38. The number of hydrogen-bond donors (Lipinski definition) is 1. The van der Waals surface area contributed by atoms with Crippen molar-refractivity contribution in [3.05, 3.63) is 0 Å². The molecule has 1 fully saturated rings. The average molecular weight is 222 g/mol. The molecule has 0 heterocycles. The SMILES string of the molecule is CCNC1(C#N)CCCC(C(C)(C)C)CC1. The molecule has 0 aliphatic heterocycles. The highest BCUT2D eigenvalue weighted by molar-refractivity contribution is 5.08. The van der Waals surface area contributed by atoms with Crippen LogP contribution in [0.4, 0.5) is 0 Å². The second-order valence-electron chi connectivity index (χ2n) is 6.22. The van der Waals surface area contributed by atoms with Crippen LogP contribution in [0.25, 0.3) is 0 Å². The van der Waals surface area contributed by atoms with Crippen LogP contribution in [0.15, 0.2) is 0 Å². The molecule has 16 heavy (non-hydrogen) atoms. The third-order valence-corrected chi connectivity index (χ3v) is 4.03. The van der Waals surface area contributed by atoms with Gasteiger partial charge in [0.05, 0.1) is 6.07 Å². The van der Waals surface area contributed by atoms with Gasteiger partial charge in [0, 0.05) is 0 Å². The second-order valence-corrected chi connectivity index (χ2v) is 6.22. The van der Waals surface area contributed by atoms with E-state index >= 15 is 0 Å². The van der Waals surface area contributed by atoms with Gasteiger partial charge in [-0.2, -0.15) is 5.26 Å². The maximum Gasteiger partial charge on any atom is 0.106 e. The lowest BCUT2D eigenvalue weighted by atomic mass is 9.76. The standard InChI is InChI=1S/C14H26N2/c1-5-16-14(11-15)9-6-7-12(8-10-14)13(2,3)4/h12,16H,5-10H2,1-4H3. The molecule has 0 aromatic carbocycles. The summed E-state index contributed by atoms with van der Waals surface area (Å²) in [6.45, 7) is 9.96. The van der Waals surface area contributed by atoms with E-state index in [0.29, 0.717) is 5.41 Å². The molecule has 1 aliphatic rings. The predicted molar refractivity (Wildman–Crippen MR) is 68.1 cm³/mol. The fraction of sp³-hybridized carbons (Fsp3) is 0.929. The zero-order chi connectivity index (χ0) is 12.2. The first-order chi connectivity index (χ1) is 7.43. The second kappa shape index (κ2) is 5.19. The number of nitriles is 1. The van der Waals surface area contributed by atoms with Crippen LogP contribution in [0.5, 0.6) is 0 Å². The summed E-state index contributed by atoms with van der Waals surface area (Å²) in [6, 6.07) is 2.52. The summed E-state index contributed by atoms with van der Waals surface area (Å²) >= 11 is 0. The van der Waals surface area contributed by atoms with Crippen LogP contribution in [0.1, 0.15) is 59.8 Å². The van der Waals surface area contributed by atoms with Crippen LogP contribution < -0.4 is 5.32 Å². The van der Waals surface area contributed by atoms with Crippen molar-refractivity contribution in [3.63, 3.8) is 0 Å². The lowest BCUT2D eigenvalue weighted by Crippen LogP contribution is -2.43. The molecule has 1 N–H and O–H groups in total. The van der Waals surface area contributed by atoms with E-state index in [4.69, 9.17) is 0 Å². The van der Waals surface area contributed by atoms with Crippen molar-refractivity contribution in [2.75, 3.05) is 6.54 Å². The fourth-order valence-corrected chi connectivity index (χ4v) is 2.87. The van der Waals surface area contributed by atoms with Crippen LogP contribution >= 0.6 is 0 Å². The molecular formula is C14H26N2. The quantitative estimate of drug-likeness (QED) is 0.726. The smallest absolute Gasteiger partial charge is 0.106 e. The van der Waals surface area contributed by atoms with Crippen molar-refractivity contribution in [2.24, 2.45) is 11.3 Å². The molecule has 0 saturated heterocycles. The average Bonchev–Trinajstić information content (AvgIpc) is 2.41. The summed E-state index contributed by atoms with van der Waals surface area (Å²) < 4.78 is 0. The van der Waals surface area contributed by atoms with E-state index < -0.39 is 0 Å². The Morgan fingerprint density at radius 1 is 1.31 bits per heavy atom. The summed E-state index contributed by atoms with van der Waals surface area (Å²) in [6.07, 6.45) is 5.67. The van der Waals surface area contributed by atoms with Gasteiger partial charge in [-0.15, -0.1) is 0 Å². The van der Waals surface area contributed by atoms with Crippen molar-refractivity contribution in [3.8, 4) is 6.07 Å². The molecule has 0 aromatic heterocycles. The van der Waals surface area contributed by atoms with Gasteiger partial charge >= 0.3 is 0 Å². The van der Waals surface area contributed by atoms with Gasteiger partial charge in [0.2, 0.25) is 0 Å². The van der Waals surface area contributed by atoms with E-state index in [2.05, 4.69) is 39.1 Å². The predicted octanol–water partition coefficient (Wildman–Crippen LogP) is 3.48. The van der Waals surface area contributed by atoms with E-state index in [1.54, 1.807) is 0 Å². The summed E-state index contributed by atoms with van der Waals surface area (Å²) in [5, 5.41) is 12.8. The minimum absolute atomic E-state index is 0.241. The molecule has 2 nitrogen and oxygen atoms in total. The molecule has 2 unspecified atom stereocenters. The molecule has 0 spiro atoms. The van der Waals surface area contributed by atoms with Gasteiger partial charge in [-0.25, -0.2) is 0 Å². The Labute approximate surface area is 100 Å². The lowest BCUT2D eigenvalue weighted by molar-refractivity contribution is 0.211. The zero-order valence-corrected chi connectivity index (χ0v) is 11.3. The maximum absolute atomic E-state index is 9.37. The lowest BCUT2D eigenvalue weighted by Gasteiger charge is -2.30. The third kappa shape index (κ3) is 3.22. The summed E-state index contributed by atoms with van der Waals surface area (Å²) in [5.41, 5.74) is 0.145. The molecule has 92 valence electrons. The van der Waals surface area contributed by atoms with Gasteiger partial charge in [0.1, 0.15) is 5.54 Å². The largest absolute Gasteiger partial charge is 0.300 e. The molecule has 0 radical (unpaired) electrons. The minimum Gasteiger partial charge on any atom is -0.300 e. The Bertz CT molecular complexity index is 259. The molecule has 0 amide bonds. The van der Waals surface area contributed by atoms with Crippen LogP contribution in [0, 0.1) is 22.7 Å². The molecule has 2 atom stereocenters. The summed E-state index contributed by atoms with van der Waals surface area (Å²) in [5.74, 6) is 0.765. The van der Waals surface area contributed by atoms with Gasteiger partial charge in [0.25, 0.3) is 0 Å². The summed E-state index contributed by atoms with van der Waals surface area (Å²) in [7, 11) is 0. The monoisotopic (exact) mass is 222 g/mol. The van der Waals surface area contributed by atoms with Gasteiger partial charge < -0.3 is 0 Å². The molecule has 1 saturated carbocycles. The Morgan fingerprint density at radius 2 is 2.00 bits per heavy atom. The van der Waals surface area contributed by atoms with Crippen LogP contribution in [0.2, 0.25) is 0 Å². The van der Waals surface area contributed by atoms with E-state index in [1.807, 2.05) is 0 Å². The van der Waals surface area contributed by atoms with Crippen molar-refractivity contribution >= 4 is 0 Å². The number of nitrogens with zero attached hydrogens (tertiary/aromatic N) is 1. The molecule has 0 aromatic rings. The number of rotatable bonds is 2. The van der Waals surface area contributed by atoms with E-state index in [9.17, 15) is 5.26 Å². The normalized spacial score (nSPS) is 31.8. The maximum atomic E-state index is 9.37. The first kappa shape index (κ1) is 13.5. The van der Waals surface area contributed by atoms with Crippen LogP contribution in [-0.4, -0.2) is 12.1 Å². The van der Waals surface area contributed by atoms with Gasteiger partial charge in [-0.3, -0.25) is 5.32 Å². The molecule has 1 rings (SSSR count). The first-order valence-corrected chi connectivity index (χ1v) is 6.60. The molecular weight excluding hydrogens is 196 g/mol. The topological polar surface area (TPSA) is 35.8 Å². The van der Waals surface area contributed by atoms with Crippen molar-refractivity contribution in [1.82, 2.24) is 5.32 Å². The number of hydrogen-bond acceptors (Lipinski definition) is 2. The van der Waals surface area contributed by atoms with Crippen molar-refractivity contribution in [1.29, 1.82) is 5.26 Å². The molecule has 2 heteroatoms. The van der Waals surface area contributed by atoms with Gasteiger partial charge in [-0.05, 0) is 43.6 Å². The van der Waals surface area contributed by atoms with Crippen molar-refractivity contribution < 1.29 is 0 Å². The van der Waals surface area contributed by atoms with Crippen LogP contribution in [0.3, 0.4) is 0 Å². The highest BCUT2D eigenvalue weighted by Crippen LogP contribution is 2.39. The Morgan fingerprint density at radius 3 is 2.50 bits per heavy atom. The highest BCUT2D eigenvalue weighted by atomic mass is 15.0. The van der Waals surface area contributed by atoms with Gasteiger partial charge in [0.15, 0.2) is 0 Å². The molecule has 1 aliphatic carbocycles. The van der Waals surface area contributed by atoms with E-state index in [-0.39, 0.29) is 5.54 Å². The van der Waals surface area contributed by atoms with Gasteiger partial charge in [-0.1, -0.05) is 34.1 Å². The summed E-state index contributed by atoms with van der Waals surface area (Å²) in [4.78, 5) is 0. The molecule has 0 bridgehead atoms. The Hall–Kier alpha value is -0.550. The third-order valence-electron chi connectivity index (χ3n) is 4.03. The van der Waals surface area contributed by atoms with E-state index in [1.165, 1.54) is 19.3 Å². The Balaban J connectivity index is 2.68.